The fourth-order valence-electron chi connectivity index (χ4n) is 3.27. The van der Waals surface area contributed by atoms with Gasteiger partial charge in [-0.3, -0.25) is 9.59 Å². The summed E-state index contributed by atoms with van der Waals surface area (Å²) in [4.78, 5) is 30.1. The minimum atomic E-state index is -0.393. The highest BCUT2D eigenvalue weighted by molar-refractivity contribution is 7.07. The number of aromatic nitrogens is 1. The predicted octanol–water partition coefficient (Wildman–Crippen LogP) is 5.24. The van der Waals surface area contributed by atoms with Crippen LogP contribution in [0, 0.1) is 0 Å². The van der Waals surface area contributed by atoms with Gasteiger partial charge in [-0.25, -0.2) is 4.98 Å². The van der Waals surface area contributed by atoms with Crippen molar-refractivity contribution in [3.63, 3.8) is 0 Å². The Morgan fingerprint density at radius 3 is 2.51 bits per heavy atom. The van der Waals surface area contributed by atoms with Crippen LogP contribution < -0.4 is 24.8 Å². The first-order valence-corrected chi connectivity index (χ1v) is 11.6. The van der Waals surface area contributed by atoms with E-state index in [-0.39, 0.29) is 5.91 Å². The van der Waals surface area contributed by atoms with Crippen LogP contribution in [-0.2, 0) is 6.61 Å². The number of para-hydroxylation sites is 1. The normalized spacial score (nSPS) is 10.3. The maximum Gasteiger partial charge on any atom is 0.257 e. The highest BCUT2D eigenvalue weighted by atomic mass is 32.1. The number of hydrogen-bond donors (Lipinski definition) is 2. The molecule has 8 nitrogen and oxygen atoms in total. The van der Waals surface area contributed by atoms with Crippen LogP contribution in [0.2, 0.25) is 0 Å². The van der Waals surface area contributed by atoms with Gasteiger partial charge >= 0.3 is 0 Å². The van der Waals surface area contributed by atoms with E-state index in [4.69, 9.17) is 14.2 Å². The minimum Gasteiger partial charge on any atom is -0.497 e. The van der Waals surface area contributed by atoms with Crippen molar-refractivity contribution < 1.29 is 23.8 Å². The summed E-state index contributed by atoms with van der Waals surface area (Å²) in [5, 5.41) is 7.54. The van der Waals surface area contributed by atoms with Crippen molar-refractivity contribution in [3.05, 3.63) is 94.4 Å². The molecule has 3 aromatic carbocycles. The third kappa shape index (κ3) is 5.96. The summed E-state index contributed by atoms with van der Waals surface area (Å²) >= 11 is 1.49. The Hall–Kier alpha value is -4.37. The molecule has 0 atom stereocenters. The number of benzene rings is 3. The second-order valence-electron chi connectivity index (χ2n) is 7.32. The zero-order valence-electron chi connectivity index (χ0n) is 19.1. The Morgan fingerprint density at radius 2 is 1.74 bits per heavy atom. The summed E-state index contributed by atoms with van der Waals surface area (Å²) in [5.74, 6) is 0.776. The predicted molar refractivity (Wildman–Crippen MR) is 135 cm³/mol. The van der Waals surface area contributed by atoms with Gasteiger partial charge in [0.25, 0.3) is 11.8 Å². The average Bonchev–Trinajstić information content (AvgIpc) is 3.41. The molecule has 1 heterocycles. The maximum absolute atomic E-state index is 13.0. The quantitative estimate of drug-likeness (QED) is 0.333. The molecule has 35 heavy (non-hydrogen) atoms. The maximum atomic E-state index is 13.0. The molecule has 0 aliphatic rings. The molecule has 9 heteroatoms. The zero-order valence-corrected chi connectivity index (χ0v) is 19.9. The van der Waals surface area contributed by atoms with Gasteiger partial charge in [0.05, 0.1) is 36.7 Å². The van der Waals surface area contributed by atoms with Crippen molar-refractivity contribution in [2.75, 3.05) is 24.9 Å². The first kappa shape index (κ1) is 23.8. The van der Waals surface area contributed by atoms with Gasteiger partial charge in [-0.2, -0.15) is 0 Å². The Morgan fingerprint density at radius 1 is 0.886 bits per heavy atom. The van der Waals surface area contributed by atoms with Gasteiger partial charge in [0.15, 0.2) is 11.5 Å². The first-order chi connectivity index (χ1) is 17.1. The van der Waals surface area contributed by atoms with E-state index in [0.29, 0.717) is 46.4 Å². The number of hydrogen-bond acceptors (Lipinski definition) is 7. The molecule has 4 aromatic rings. The fourth-order valence-corrected chi connectivity index (χ4v) is 3.82. The smallest absolute Gasteiger partial charge is 0.257 e. The second-order valence-corrected chi connectivity index (χ2v) is 8.04. The monoisotopic (exact) mass is 489 g/mol. The summed E-state index contributed by atoms with van der Waals surface area (Å²) in [6.07, 6.45) is 0. The highest BCUT2D eigenvalue weighted by Crippen LogP contribution is 2.29. The van der Waals surface area contributed by atoms with Crippen LogP contribution in [0.3, 0.4) is 0 Å². The van der Waals surface area contributed by atoms with Crippen molar-refractivity contribution in [3.8, 4) is 17.2 Å². The molecule has 1 aromatic heterocycles. The number of methoxy groups -OCH3 is 2. The van der Waals surface area contributed by atoms with Gasteiger partial charge in [-0.05, 0) is 42.5 Å². The van der Waals surface area contributed by atoms with Gasteiger partial charge in [0.1, 0.15) is 12.4 Å². The van der Waals surface area contributed by atoms with E-state index in [0.717, 1.165) is 5.69 Å². The van der Waals surface area contributed by atoms with Crippen molar-refractivity contribution >= 4 is 34.5 Å². The van der Waals surface area contributed by atoms with Crippen LogP contribution in [0.1, 0.15) is 26.4 Å². The molecular weight excluding hydrogens is 466 g/mol. The number of amides is 2. The van der Waals surface area contributed by atoms with E-state index < -0.39 is 5.91 Å². The molecule has 4 rings (SSSR count). The molecule has 0 spiro atoms. The molecule has 0 fully saturated rings. The number of nitrogens with zero attached hydrogens (tertiary/aromatic N) is 1. The number of carbonyl (C=O) groups is 2. The third-order valence-corrected chi connectivity index (χ3v) is 5.67. The number of ether oxygens (including phenoxy) is 3. The lowest BCUT2D eigenvalue weighted by Gasteiger charge is -2.14. The van der Waals surface area contributed by atoms with Crippen LogP contribution in [0.5, 0.6) is 17.2 Å². The molecule has 2 N–H and O–H groups in total. The van der Waals surface area contributed by atoms with E-state index in [9.17, 15) is 9.59 Å². The van der Waals surface area contributed by atoms with Gasteiger partial charge in [-0.1, -0.05) is 18.2 Å². The highest BCUT2D eigenvalue weighted by Gasteiger charge is 2.16. The van der Waals surface area contributed by atoms with Crippen molar-refractivity contribution in [2.24, 2.45) is 0 Å². The Bertz CT molecular complexity index is 1320. The molecular formula is C26H23N3O5S. The summed E-state index contributed by atoms with van der Waals surface area (Å²) in [6, 6.07) is 18.7. The van der Waals surface area contributed by atoms with Crippen LogP contribution in [-0.4, -0.2) is 31.0 Å². The van der Waals surface area contributed by atoms with Gasteiger partial charge < -0.3 is 24.8 Å². The van der Waals surface area contributed by atoms with Crippen molar-refractivity contribution in [1.82, 2.24) is 4.98 Å². The third-order valence-electron chi connectivity index (χ3n) is 5.03. The minimum absolute atomic E-state index is 0.293. The summed E-state index contributed by atoms with van der Waals surface area (Å²) in [5.41, 5.74) is 4.17. The fraction of sp³-hybridized carbons (Fsp3) is 0.115. The Labute approximate surface area is 206 Å². The number of anilines is 2. The molecule has 0 bridgehead atoms. The van der Waals surface area contributed by atoms with Crippen molar-refractivity contribution in [1.29, 1.82) is 0 Å². The summed E-state index contributed by atoms with van der Waals surface area (Å²) in [6.45, 7) is 0.293. The van der Waals surface area contributed by atoms with Crippen LogP contribution in [0.25, 0.3) is 0 Å². The molecule has 0 saturated carbocycles. The van der Waals surface area contributed by atoms with Crippen LogP contribution in [0.4, 0.5) is 11.4 Å². The largest absolute Gasteiger partial charge is 0.497 e. The Balaban J connectivity index is 1.48. The number of carbonyl (C=O) groups excluding carboxylic acids is 2. The Kier molecular flexibility index (Phi) is 7.59. The van der Waals surface area contributed by atoms with E-state index >= 15 is 0 Å². The van der Waals surface area contributed by atoms with Crippen LogP contribution >= 0.6 is 11.3 Å². The molecule has 178 valence electrons. The summed E-state index contributed by atoms with van der Waals surface area (Å²) < 4.78 is 16.4. The van der Waals surface area contributed by atoms with Gasteiger partial charge in [0, 0.05) is 22.7 Å². The first-order valence-electron chi connectivity index (χ1n) is 10.6. The second kappa shape index (κ2) is 11.2. The van der Waals surface area contributed by atoms with E-state index in [1.165, 1.54) is 18.4 Å². The molecule has 0 unspecified atom stereocenters. The van der Waals surface area contributed by atoms with E-state index in [1.807, 2.05) is 5.38 Å². The molecule has 0 aliphatic carbocycles. The average molecular weight is 490 g/mol. The standard InChI is InChI=1S/C26H23N3O5S/c1-32-20-7-5-6-18(13-20)28-26(31)21-8-3-4-9-22(21)29-25(30)17-10-11-23(24(12-17)33-2)34-14-19-15-35-16-27-19/h3-13,15-16H,14H2,1-2H3,(H,28,31)(H,29,30). The summed E-state index contributed by atoms with van der Waals surface area (Å²) in [7, 11) is 3.06. The lowest BCUT2D eigenvalue weighted by molar-refractivity contribution is 0.102. The number of thiazole rings is 1. The van der Waals surface area contributed by atoms with Gasteiger partial charge in [0.2, 0.25) is 0 Å². The molecule has 0 aliphatic heterocycles. The topological polar surface area (TPSA) is 98.8 Å². The van der Waals surface area contributed by atoms with E-state index in [2.05, 4.69) is 15.6 Å². The molecule has 0 saturated heterocycles. The molecule has 0 radical (unpaired) electrons. The lowest BCUT2D eigenvalue weighted by atomic mass is 10.1. The van der Waals surface area contributed by atoms with Crippen LogP contribution in [0.15, 0.2) is 77.6 Å². The SMILES string of the molecule is COc1cccc(NC(=O)c2ccccc2NC(=O)c2ccc(OCc3cscn3)c(OC)c2)c1. The number of rotatable bonds is 9. The van der Waals surface area contributed by atoms with Gasteiger partial charge in [-0.15, -0.1) is 11.3 Å². The van der Waals surface area contributed by atoms with E-state index in [1.54, 1.807) is 79.4 Å². The molecule has 2 amide bonds. The van der Waals surface area contributed by atoms with Crippen molar-refractivity contribution in [2.45, 2.75) is 6.61 Å². The lowest BCUT2D eigenvalue weighted by Crippen LogP contribution is -2.18. The number of nitrogens with one attached hydrogen (secondary N) is 2. The zero-order chi connectivity index (χ0) is 24.6.